The van der Waals surface area contributed by atoms with Gasteiger partial charge >= 0.3 is 0 Å². The molecule has 2 aromatic heterocycles. The smallest absolute Gasteiger partial charge is 0.217 e. The molecule has 0 aliphatic heterocycles. The molecule has 0 N–H and O–H groups in total. The summed E-state index contributed by atoms with van der Waals surface area (Å²) in [4.78, 5) is 8.56. The van der Waals surface area contributed by atoms with Crippen LogP contribution in [0.5, 0.6) is 5.88 Å². The fraction of sp³-hybridized carbons (Fsp3) is 0.250. The largest absolute Gasteiger partial charge is 0.481 e. The van der Waals surface area contributed by atoms with Gasteiger partial charge in [-0.15, -0.1) is 10.2 Å². The zero-order valence-electron chi connectivity index (χ0n) is 13.2. The van der Waals surface area contributed by atoms with Crippen molar-refractivity contribution in [2.45, 2.75) is 30.7 Å². The van der Waals surface area contributed by atoms with Crippen LogP contribution in [-0.2, 0) is 6.54 Å². The normalized spacial score (nSPS) is 10.7. The predicted octanol–water partition coefficient (Wildman–Crippen LogP) is 3.22. The molecule has 0 radical (unpaired) electrons. The molecule has 0 saturated heterocycles. The lowest BCUT2D eigenvalue weighted by molar-refractivity contribution is 0.392. The first-order valence-corrected chi connectivity index (χ1v) is 8.08. The topological polar surface area (TPSA) is 65.7 Å². The second kappa shape index (κ2) is 6.78. The Kier molecular flexibility index (Phi) is 4.57. The summed E-state index contributed by atoms with van der Waals surface area (Å²) >= 11 is 1.38. The van der Waals surface area contributed by atoms with Crippen LogP contribution in [0.25, 0.3) is 11.4 Å². The van der Waals surface area contributed by atoms with E-state index in [2.05, 4.69) is 50.7 Å². The van der Waals surface area contributed by atoms with E-state index in [0.29, 0.717) is 11.0 Å². The molecule has 2 heterocycles. The van der Waals surface area contributed by atoms with Gasteiger partial charge in [-0.3, -0.25) is 0 Å². The van der Waals surface area contributed by atoms with E-state index in [1.807, 2.05) is 12.1 Å². The molecule has 0 amide bonds. The Morgan fingerprint density at radius 2 is 2.00 bits per heavy atom. The van der Waals surface area contributed by atoms with E-state index >= 15 is 0 Å². The van der Waals surface area contributed by atoms with Crippen molar-refractivity contribution in [1.29, 1.82) is 0 Å². The lowest BCUT2D eigenvalue weighted by Crippen LogP contribution is -2.01. The van der Waals surface area contributed by atoms with Gasteiger partial charge in [-0.2, -0.15) is 4.98 Å². The molecule has 23 heavy (non-hydrogen) atoms. The van der Waals surface area contributed by atoms with Crippen molar-refractivity contribution < 1.29 is 4.74 Å². The number of rotatable bonds is 5. The Balaban J connectivity index is 1.97. The summed E-state index contributed by atoms with van der Waals surface area (Å²) in [5.74, 6) is 1.39. The van der Waals surface area contributed by atoms with Gasteiger partial charge in [0.25, 0.3) is 0 Å². The maximum absolute atomic E-state index is 5.13. The van der Waals surface area contributed by atoms with Gasteiger partial charge in [0.1, 0.15) is 0 Å². The molecule has 0 aliphatic carbocycles. The number of benzene rings is 1. The predicted molar refractivity (Wildman–Crippen MR) is 88.6 cm³/mol. The average molecular weight is 327 g/mol. The van der Waals surface area contributed by atoms with Crippen LogP contribution in [0, 0.1) is 6.92 Å². The molecule has 118 valence electrons. The van der Waals surface area contributed by atoms with Crippen LogP contribution < -0.4 is 4.74 Å². The minimum absolute atomic E-state index is 0.532. The molecule has 1 aromatic carbocycles. The molecule has 0 atom stereocenters. The van der Waals surface area contributed by atoms with Crippen molar-refractivity contribution in [2.24, 2.45) is 0 Å². The van der Waals surface area contributed by atoms with E-state index < -0.39 is 0 Å². The third-order valence-electron chi connectivity index (χ3n) is 3.42. The molecule has 0 aliphatic rings. The molecule has 0 saturated carbocycles. The molecule has 7 heteroatoms. The maximum Gasteiger partial charge on any atom is 0.217 e. The third-order valence-corrected chi connectivity index (χ3v) is 4.28. The zero-order valence-corrected chi connectivity index (χ0v) is 14.0. The van der Waals surface area contributed by atoms with E-state index in [0.717, 1.165) is 23.1 Å². The van der Waals surface area contributed by atoms with Gasteiger partial charge < -0.3 is 9.30 Å². The first-order chi connectivity index (χ1) is 11.2. The van der Waals surface area contributed by atoms with E-state index in [1.165, 1.54) is 17.3 Å². The van der Waals surface area contributed by atoms with Gasteiger partial charge in [0, 0.05) is 24.4 Å². The highest BCUT2D eigenvalue weighted by molar-refractivity contribution is 7.99. The van der Waals surface area contributed by atoms with E-state index in [1.54, 1.807) is 19.4 Å². The first kappa shape index (κ1) is 15.5. The maximum atomic E-state index is 5.13. The molecular formula is C16H17N5OS. The lowest BCUT2D eigenvalue weighted by atomic mass is 10.1. The van der Waals surface area contributed by atoms with Crippen LogP contribution in [0.15, 0.2) is 46.8 Å². The van der Waals surface area contributed by atoms with E-state index in [-0.39, 0.29) is 0 Å². The van der Waals surface area contributed by atoms with Gasteiger partial charge in [-0.05, 0) is 31.2 Å². The number of hydrogen-bond acceptors (Lipinski definition) is 6. The van der Waals surface area contributed by atoms with Crippen molar-refractivity contribution in [3.05, 3.63) is 42.1 Å². The molecule has 3 aromatic rings. The highest BCUT2D eigenvalue weighted by atomic mass is 32.2. The summed E-state index contributed by atoms with van der Waals surface area (Å²) in [6.07, 6.45) is 1.67. The van der Waals surface area contributed by atoms with Crippen LogP contribution >= 0.6 is 11.8 Å². The van der Waals surface area contributed by atoms with Gasteiger partial charge in [-0.1, -0.05) is 24.3 Å². The fourth-order valence-corrected chi connectivity index (χ4v) is 3.06. The van der Waals surface area contributed by atoms with Crippen LogP contribution in [0.4, 0.5) is 0 Å². The Morgan fingerprint density at radius 1 is 1.17 bits per heavy atom. The lowest BCUT2D eigenvalue weighted by Gasteiger charge is -2.08. The molecule has 0 bridgehead atoms. The Labute approximate surface area is 139 Å². The quantitative estimate of drug-likeness (QED) is 0.670. The Hall–Kier alpha value is -2.41. The second-order valence-electron chi connectivity index (χ2n) is 4.85. The van der Waals surface area contributed by atoms with Crippen molar-refractivity contribution >= 4 is 11.8 Å². The second-order valence-corrected chi connectivity index (χ2v) is 5.78. The average Bonchev–Trinajstić information content (AvgIpc) is 2.98. The number of nitrogens with zero attached hydrogens (tertiary/aromatic N) is 5. The summed E-state index contributed by atoms with van der Waals surface area (Å²) < 4.78 is 7.20. The summed E-state index contributed by atoms with van der Waals surface area (Å²) in [6.45, 7) is 4.91. The standard InChI is InChI=1S/C16H17N5OS/c1-4-21-14(12-8-6-5-7-11(12)2)19-20-16(21)23-15-17-10-9-13(18-15)22-3/h5-10H,4H2,1-3H3. The van der Waals surface area contributed by atoms with Gasteiger partial charge in [0.05, 0.1) is 7.11 Å². The molecule has 0 fully saturated rings. The van der Waals surface area contributed by atoms with Crippen LogP contribution in [-0.4, -0.2) is 31.8 Å². The SMILES string of the molecule is CCn1c(Sc2nccc(OC)n2)nnc1-c1ccccc1C. The van der Waals surface area contributed by atoms with Crippen molar-refractivity contribution in [1.82, 2.24) is 24.7 Å². The Bertz CT molecular complexity index is 818. The summed E-state index contributed by atoms with van der Waals surface area (Å²) in [5, 5.41) is 10.0. The minimum atomic E-state index is 0.532. The summed E-state index contributed by atoms with van der Waals surface area (Å²) in [6, 6.07) is 9.87. The van der Waals surface area contributed by atoms with Crippen molar-refractivity contribution in [2.75, 3.05) is 7.11 Å². The number of aryl methyl sites for hydroxylation is 1. The number of methoxy groups -OCH3 is 1. The summed E-state index contributed by atoms with van der Waals surface area (Å²) in [7, 11) is 1.58. The molecule has 0 unspecified atom stereocenters. The fourth-order valence-electron chi connectivity index (χ4n) is 2.24. The van der Waals surface area contributed by atoms with Crippen LogP contribution in [0.1, 0.15) is 12.5 Å². The highest BCUT2D eigenvalue weighted by Crippen LogP contribution is 2.29. The van der Waals surface area contributed by atoms with Crippen molar-refractivity contribution in [3.63, 3.8) is 0 Å². The highest BCUT2D eigenvalue weighted by Gasteiger charge is 2.16. The third kappa shape index (κ3) is 3.19. The van der Waals surface area contributed by atoms with E-state index in [9.17, 15) is 0 Å². The molecular weight excluding hydrogens is 310 g/mol. The molecule has 0 spiro atoms. The summed E-state index contributed by atoms with van der Waals surface area (Å²) in [5.41, 5.74) is 2.25. The first-order valence-electron chi connectivity index (χ1n) is 7.27. The van der Waals surface area contributed by atoms with Gasteiger partial charge in [-0.25, -0.2) is 4.98 Å². The van der Waals surface area contributed by atoms with E-state index in [4.69, 9.17) is 4.74 Å². The monoisotopic (exact) mass is 327 g/mol. The zero-order chi connectivity index (χ0) is 16.2. The number of hydrogen-bond donors (Lipinski definition) is 0. The number of ether oxygens (including phenoxy) is 1. The number of aromatic nitrogens is 5. The van der Waals surface area contributed by atoms with Crippen molar-refractivity contribution in [3.8, 4) is 17.3 Å². The van der Waals surface area contributed by atoms with Crippen LogP contribution in [0.3, 0.4) is 0 Å². The van der Waals surface area contributed by atoms with Gasteiger partial charge in [0.2, 0.25) is 5.88 Å². The molecule has 6 nitrogen and oxygen atoms in total. The Morgan fingerprint density at radius 3 is 2.74 bits per heavy atom. The minimum Gasteiger partial charge on any atom is -0.481 e. The van der Waals surface area contributed by atoms with Crippen LogP contribution in [0.2, 0.25) is 0 Å². The van der Waals surface area contributed by atoms with Gasteiger partial charge in [0.15, 0.2) is 16.1 Å². The molecule has 3 rings (SSSR count).